The largest absolute Gasteiger partial charge is 0.257 e. The van der Waals surface area contributed by atoms with Gasteiger partial charge in [-0.25, -0.2) is 0 Å². The van der Waals surface area contributed by atoms with E-state index in [1.165, 1.54) is 33.1 Å². The Kier molecular flexibility index (Phi) is 9.45. The maximum absolute atomic E-state index is 5.57. The third-order valence-electron chi connectivity index (χ3n) is 6.26. The first-order chi connectivity index (χ1) is 16.0. The zero-order valence-corrected chi connectivity index (χ0v) is 22.1. The molecule has 0 spiro atoms. The second kappa shape index (κ2) is 12.3. The van der Waals surface area contributed by atoms with Gasteiger partial charge in [0.2, 0.25) is 0 Å². The van der Waals surface area contributed by atoms with Crippen LogP contribution in [0.2, 0.25) is 0 Å². The molecule has 0 N–H and O–H groups in total. The van der Waals surface area contributed by atoms with Crippen LogP contribution in [0.3, 0.4) is 0 Å². The van der Waals surface area contributed by atoms with Crippen molar-refractivity contribution in [2.24, 2.45) is 4.99 Å². The maximum Gasteiger partial charge on any atom is 0.0698 e. The van der Waals surface area contributed by atoms with Gasteiger partial charge in [0, 0.05) is 11.4 Å². The molecular formula is C31H40NP. The quantitative estimate of drug-likeness (QED) is 0.213. The third-order valence-corrected chi connectivity index (χ3v) is 9.25. The van der Waals surface area contributed by atoms with Crippen LogP contribution in [0, 0.1) is 0 Å². The zero-order valence-electron chi connectivity index (χ0n) is 21.3. The van der Waals surface area contributed by atoms with E-state index in [4.69, 9.17) is 4.99 Å². The van der Waals surface area contributed by atoms with Crippen LogP contribution in [0.5, 0.6) is 0 Å². The van der Waals surface area contributed by atoms with Gasteiger partial charge in [-0.3, -0.25) is 4.99 Å². The van der Waals surface area contributed by atoms with Gasteiger partial charge in [0.25, 0.3) is 0 Å². The predicted octanol–water partition coefficient (Wildman–Crippen LogP) is 8.72. The fourth-order valence-electron chi connectivity index (χ4n) is 4.59. The lowest BCUT2D eigenvalue weighted by Gasteiger charge is -2.30. The van der Waals surface area contributed by atoms with Gasteiger partial charge in [0.15, 0.2) is 0 Å². The van der Waals surface area contributed by atoms with Crippen molar-refractivity contribution in [2.45, 2.75) is 78.3 Å². The second-order valence-electron chi connectivity index (χ2n) is 9.41. The summed E-state index contributed by atoms with van der Waals surface area (Å²) in [7, 11) is -0.542. The van der Waals surface area contributed by atoms with Crippen molar-refractivity contribution in [3.8, 4) is 0 Å². The molecule has 0 heterocycles. The van der Waals surface area contributed by atoms with Gasteiger partial charge in [-0.2, -0.15) is 0 Å². The number of rotatable bonds is 10. The average Bonchev–Trinajstić information content (AvgIpc) is 2.83. The van der Waals surface area contributed by atoms with Gasteiger partial charge in [-0.15, -0.1) is 0 Å². The Morgan fingerprint density at radius 3 is 1.58 bits per heavy atom. The van der Waals surface area contributed by atoms with E-state index in [0.717, 1.165) is 19.3 Å². The van der Waals surface area contributed by atoms with Crippen LogP contribution >= 0.6 is 7.92 Å². The van der Waals surface area contributed by atoms with Crippen molar-refractivity contribution in [3.05, 3.63) is 90.0 Å². The normalized spacial score (nSPS) is 13.2. The molecule has 0 aromatic heterocycles. The van der Waals surface area contributed by atoms with Crippen LogP contribution in [0.4, 0.5) is 5.69 Å². The fraction of sp³-hybridized carbons (Fsp3) is 0.387. The number of hydrogen-bond donors (Lipinski definition) is 0. The Morgan fingerprint density at radius 2 is 1.18 bits per heavy atom. The van der Waals surface area contributed by atoms with E-state index in [1.807, 2.05) is 0 Å². The Bertz CT molecular complexity index is 956. The minimum Gasteiger partial charge on any atom is -0.257 e. The molecule has 0 amide bonds. The molecule has 0 radical (unpaired) electrons. The van der Waals surface area contributed by atoms with Gasteiger partial charge < -0.3 is 0 Å². The number of benzene rings is 3. The van der Waals surface area contributed by atoms with Crippen molar-refractivity contribution < 1.29 is 0 Å². The van der Waals surface area contributed by atoms with Gasteiger partial charge in [0.05, 0.1) is 5.69 Å². The van der Waals surface area contributed by atoms with Crippen molar-refractivity contribution in [1.29, 1.82) is 0 Å². The lowest BCUT2D eigenvalue weighted by atomic mass is 9.92. The molecule has 0 saturated heterocycles. The van der Waals surface area contributed by atoms with E-state index in [0.29, 0.717) is 17.5 Å². The first-order valence-electron chi connectivity index (χ1n) is 12.6. The van der Waals surface area contributed by atoms with Crippen LogP contribution in [0.25, 0.3) is 0 Å². The molecule has 0 saturated carbocycles. The van der Waals surface area contributed by atoms with Gasteiger partial charge in [-0.05, 0) is 54.3 Å². The highest BCUT2D eigenvalue weighted by molar-refractivity contribution is 7.74. The van der Waals surface area contributed by atoms with Gasteiger partial charge in [0.1, 0.15) is 0 Å². The van der Waals surface area contributed by atoms with E-state index in [9.17, 15) is 0 Å². The summed E-state index contributed by atoms with van der Waals surface area (Å²) in [6.45, 7) is 13.8. The highest BCUT2D eigenvalue weighted by Gasteiger charge is 2.28. The van der Waals surface area contributed by atoms with E-state index in [2.05, 4.69) is 120 Å². The minimum absolute atomic E-state index is 0.421. The van der Waals surface area contributed by atoms with Crippen molar-refractivity contribution in [2.75, 3.05) is 0 Å². The molecule has 3 aromatic rings. The summed E-state index contributed by atoms with van der Waals surface area (Å²) < 4.78 is 0. The van der Waals surface area contributed by atoms with E-state index >= 15 is 0 Å². The van der Waals surface area contributed by atoms with Crippen molar-refractivity contribution >= 4 is 29.9 Å². The lowest BCUT2D eigenvalue weighted by Crippen LogP contribution is -2.28. The van der Waals surface area contributed by atoms with Crippen LogP contribution < -0.4 is 10.6 Å². The number of para-hydroxylation sites is 1. The topological polar surface area (TPSA) is 12.4 Å². The summed E-state index contributed by atoms with van der Waals surface area (Å²) in [5.41, 5.74) is 5.75. The van der Waals surface area contributed by atoms with Gasteiger partial charge in [-0.1, -0.05) is 127 Å². The molecule has 0 aliphatic carbocycles. The SMILES string of the molecule is CCCC(=Nc1c(C(C)C)cccc1C(C)C)C(CC)P(c1ccccc1)c1ccccc1. The molecule has 0 aliphatic heterocycles. The third kappa shape index (κ3) is 6.21. The van der Waals surface area contributed by atoms with Crippen molar-refractivity contribution in [3.63, 3.8) is 0 Å². The predicted molar refractivity (Wildman–Crippen MR) is 150 cm³/mol. The molecule has 3 aromatic carbocycles. The van der Waals surface area contributed by atoms with Crippen LogP contribution in [0.15, 0.2) is 83.9 Å². The Balaban J connectivity index is 2.21. The summed E-state index contributed by atoms with van der Waals surface area (Å²) in [6, 6.07) is 29.0. The maximum atomic E-state index is 5.57. The van der Waals surface area contributed by atoms with E-state index in [-0.39, 0.29) is 0 Å². The fourth-order valence-corrected chi connectivity index (χ4v) is 7.45. The van der Waals surface area contributed by atoms with Crippen LogP contribution in [-0.4, -0.2) is 11.4 Å². The number of hydrogen-bond acceptors (Lipinski definition) is 1. The highest BCUT2D eigenvalue weighted by Crippen LogP contribution is 2.44. The molecule has 174 valence electrons. The molecule has 2 heteroatoms. The zero-order chi connectivity index (χ0) is 23.8. The first kappa shape index (κ1) is 25.4. The molecule has 0 fully saturated rings. The number of nitrogens with zero attached hydrogens (tertiary/aromatic N) is 1. The summed E-state index contributed by atoms with van der Waals surface area (Å²) in [5.74, 6) is 0.908. The molecule has 0 aliphatic rings. The molecule has 1 nitrogen and oxygen atoms in total. The van der Waals surface area contributed by atoms with Crippen molar-refractivity contribution in [1.82, 2.24) is 0 Å². The second-order valence-corrected chi connectivity index (χ2v) is 11.8. The lowest BCUT2D eigenvalue weighted by molar-refractivity contribution is 0.832. The summed E-state index contributed by atoms with van der Waals surface area (Å²) in [4.78, 5) is 5.57. The molecular weight excluding hydrogens is 417 g/mol. The monoisotopic (exact) mass is 457 g/mol. The Labute approximate surface area is 203 Å². The highest BCUT2D eigenvalue weighted by atomic mass is 31.1. The molecule has 33 heavy (non-hydrogen) atoms. The Morgan fingerprint density at radius 1 is 0.697 bits per heavy atom. The van der Waals surface area contributed by atoms with E-state index in [1.54, 1.807) is 0 Å². The average molecular weight is 458 g/mol. The smallest absolute Gasteiger partial charge is 0.0698 e. The number of aliphatic imine (C=N–C) groups is 1. The standard InChI is InChI=1S/C31H40NP/c1-7-16-29(32-31-27(23(3)4)21-15-22-28(31)24(5)6)30(8-2)33(25-17-11-9-12-18-25)26-19-13-10-14-20-26/h9-15,17-24,30H,7-8,16H2,1-6H3. The molecule has 1 atom stereocenters. The van der Waals surface area contributed by atoms with Crippen LogP contribution in [-0.2, 0) is 0 Å². The summed E-state index contributed by atoms with van der Waals surface area (Å²) >= 11 is 0. The Hall–Kier alpha value is -2.24. The van der Waals surface area contributed by atoms with Crippen LogP contribution in [0.1, 0.15) is 83.8 Å². The molecule has 0 bridgehead atoms. The molecule has 3 rings (SSSR count). The molecule has 1 unspecified atom stereocenters. The first-order valence-corrected chi connectivity index (χ1v) is 14.0. The van der Waals surface area contributed by atoms with Gasteiger partial charge >= 0.3 is 0 Å². The van der Waals surface area contributed by atoms with E-state index < -0.39 is 7.92 Å². The minimum atomic E-state index is -0.542. The summed E-state index contributed by atoms with van der Waals surface area (Å²) in [5, 5.41) is 2.88. The summed E-state index contributed by atoms with van der Waals surface area (Å²) in [6.07, 6.45) is 3.25.